The van der Waals surface area contributed by atoms with Crippen molar-refractivity contribution in [1.29, 1.82) is 0 Å². The summed E-state index contributed by atoms with van der Waals surface area (Å²) in [6, 6.07) is 13.0. The largest absolute Gasteiger partial charge is 0.497 e. The molecule has 1 heterocycles. The van der Waals surface area contributed by atoms with Gasteiger partial charge in [0.2, 0.25) is 0 Å². The number of imidazole rings is 1. The fraction of sp³-hybridized carbons (Fsp3) is 0.125. The number of halogens is 1. The lowest BCUT2D eigenvalue weighted by Gasteiger charge is -2.06. The highest BCUT2D eigenvalue weighted by molar-refractivity contribution is 14.1. The van der Waals surface area contributed by atoms with Gasteiger partial charge in [0.05, 0.1) is 18.1 Å². The van der Waals surface area contributed by atoms with Gasteiger partial charge in [-0.15, -0.1) is 0 Å². The Morgan fingerprint density at radius 1 is 1.19 bits per heavy atom. The molecule has 0 radical (unpaired) electrons. The zero-order valence-electron chi connectivity index (χ0n) is 11.6. The molecule has 3 rings (SSSR count). The predicted octanol–water partition coefficient (Wildman–Crippen LogP) is 3.65. The second-order valence-electron chi connectivity index (χ2n) is 4.66. The lowest BCUT2D eigenvalue weighted by Crippen LogP contribution is -2.13. The van der Waals surface area contributed by atoms with Gasteiger partial charge in [-0.05, 0) is 72.0 Å². The Kier molecular flexibility index (Phi) is 3.67. The van der Waals surface area contributed by atoms with E-state index in [9.17, 15) is 4.79 Å². The van der Waals surface area contributed by atoms with Crippen molar-refractivity contribution in [3.8, 4) is 5.75 Å². The fourth-order valence-electron chi connectivity index (χ4n) is 2.29. The summed E-state index contributed by atoms with van der Waals surface area (Å²) in [5.74, 6) is 1.33. The molecule has 0 atom stereocenters. The van der Waals surface area contributed by atoms with Crippen LogP contribution in [0.1, 0.15) is 16.2 Å². The average Bonchev–Trinajstić information content (AvgIpc) is 2.82. The highest BCUT2D eigenvalue weighted by atomic mass is 127. The molecule has 5 heteroatoms. The van der Waals surface area contributed by atoms with Gasteiger partial charge < -0.3 is 4.74 Å². The summed E-state index contributed by atoms with van der Waals surface area (Å²) >= 11 is 2.23. The smallest absolute Gasteiger partial charge is 0.263 e. The van der Waals surface area contributed by atoms with Gasteiger partial charge in [-0.1, -0.05) is 0 Å². The van der Waals surface area contributed by atoms with Crippen LogP contribution < -0.4 is 4.74 Å². The predicted molar refractivity (Wildman–Crippen MR) is 89.9 cm³/mol. The van der Waals surface area contributed by atoms with E-state index < -0.39 is 0 Å². The molecule has 0 N–H and O–H groups in total. The van der Waals surface area contributed by atoms with Crippen LogP contribution >= 0.6 is 22.6 Å². The summed E-state index contributed by atoms with van der Waals surface area (Å²) in [7, 11) is 1.60. The maximum absolute atomic E-state index is 12.7. The van der Waals surface area contributed by atoms with Crippen LogP contribution in [-0.4, -0.2) is 22.6 Å². The number of hydrogen-bond acceptors (Lipinski definition) is 3. The molecule has 4 nitrogen and oxygen atoms in total. The molecule has 21 heavy (non-hydrogen) atoms. The number of rotatable bonds is 2. The highest BCUT2D eigenvalue weighted by Gasteiger charge is 2.16. The van der Waals surface area contributed by atoms with Crippen molar-refractivity contribution >= 4 is 39.5 Å². The maximum Gasteiger partial charge on any atom is 0.263 e. The Hall–Kier alpha value is -1.89. The zero-order chi connectivity index (χ0) is 15.0. The van der Waals surface area contributed by atoms with Gasteiger partial charge in [0, 0.05) is 9.13 Å². The van der Waals surface area contributed by atoms with Gasteiger partial charge in [-0.25, -0.2) is 4.98 Å². The number of ether oxygens (including phenoxy) is 1. The number of benzene rings is 2. The molecule has 0 amide bonds. The Labute approximate surface area is 135 Å². The monoisotopic (exact) mass is 392 g/mol. The number of carbonyl (C=O) groups is 1. The molecule has 0 aliphatic heterocycles. The average molecular weight is 392 g/mol. The third-order valence-corrected chi connectivity index (χ3v) is 4.00. The zero-order valence-corrected chi connectivity index (χ0v) is 13.8. The summed E-state index contributed by atoms with van der Waals surface area (Å²) in [6.07, 6.45) is 0. The van der Waals surface area contributed by atoms with Crippen LogP contribution in [0.25, 0.3) is 11.0 Å². The summed E-state index contributed by atoms with van der Waals surface area (Å²) in [5, 5.41) is 0. The Morgan fingerprint density at radius 2 is 1.90 bits per heavy atom. The highest BCUT2D eigenvalue weighted by Crippen LogP contribution is 2.21. The lowest BCUT2D eigenvalue weighted by atomic mass is 10.2. The van der Waals surface area contributed by atoms with Crippen LogP contribution in [0.3, 0.4) is 0 Å². The van der Waals surface area contributed by atoms with Crippen LogP contribution in [0.15, 0.2) is 42.5 Å². The summed E-state index contributed by atoms with van der Waals surface area (Å²) in [5.41, 5.74) is 2.27. The van der Waals surface area contributed by atoms with Gasteiger partial charge >= 0.3 is 0 Å². The maximum atomic E-state index is 12.7. The standard InChI is InChI=1S/C16H13IN2O2/c1-10-18-14-8-5-12(17)9-15(14)19(10)16(20)11-3-6-13(21-2)7-4-11/h3-9H,1-2H3. The topological polar surface area (TPSA) is 44.1 Å². The Balaban J connectivity index is 2.12. The number of hydrogen-bond donors (Lipinski definition) is 0. The minimum atomic E-state index is -0.0837. The second-order valence-corrected chi connectivity index (χ2v) is 5.91. The number of methoxy groups -OCH3 is 1. The van der Waals surface area contributed by atoms with E-state index >= 15 is 0 Å². The van der Waals surface area contributed by atoms with Crippen LogP contribution in [0.2, 0.25) is 0 Å². The molecule has 0 saturated carbocycles. The number of aromatic nitrogens is 2. The van der Waals surface area contributed by atoms with Crippen LogP contribution in [0.5, 0.6) is 5.75 Å². The van der Waals surface area contributed by atoms with Crippen molar-refractivity contribution in [3.05, 3.63) is 57.4 Å². The quantitative estimate of drug-likeness (QED) is 0.626. The first-order valence-corrected chi connectivity index (χ1v) is 7.51. The fourth-order valence-corrected chi connectivity index (χ4v) is 2.76. The summed E-state index contributed by atoms with van der Waals surface area (Å²) < 4.78 is 7.84. The molecule has 1 aromatic heterocycles. The second kappa shape index (κ2) is 5.48. The van der Waals surface area contributed by atoms with E-state index in [0.717, 1.165) is 20.4 Å². The van der Waals surface area contributed by atoms with E-state index in [2.05, 4.69) is 27.6 Å². The van der Waals surface area contributed by atoms with Gasteiger partial charge in [-0.3, -0.25) is 9.36 Å². The first-order chi connectivity index (χ1) is 10.1. The molecule has 0 bridgehead atoms. The Morgan fingerprint density at radius 3 is 2.57 bits per heavy atom. The molecule has 0 saturated heterocycles. The summed E-state index contributed by atoms with van der Waals surface area (Å²) in [6.45, 7) is 1.84. The number of carbonyl (C=O) groups excluding carboxylic acids is 1. The van der Waals surface area contributed by atoms with E-state index in [4.69, 9.17) is 4.74 Å². The molecule has 3 aromatic rings. The van der Waals surface area contributed by atoms with E-state index in [-0.39, 0.29) is 5.91 Å². The molecule has 0 spiro atoms. The van der Waals surface area contributed by atoms with Crippen molar-refractivity contribution in [1.82, 2.24) is 9.55 Å². The molecule has 0 aliphatic carbocycles. The van der Waals surface area contributed by atoms with Gasteiger partial charge in [-0.2, -0.15) is 0 Å². The molecule has 0 unspecified atom stereocenters. The van der Waals surface area contributed by atoms with Crippen molar-refractivity contribution in [3.63, 3.8) is 0 Å². The van der Waals surface area contributed by atoms with E-state index in [1.165, 1.54) is 0 Å². The SMILES string of the molecule is COc1ccc(C(=O)n2c(C)nc3ccc(I)cc32)cc1. The van der Waals surface area contributed by atoms with Crippen LogP contribution in [0, 0.1) is 10.5 Å². The number of aryl methyl sites for hydroxylation is 1. The Bertz CT molecular complexity index is 822. The van der Waals surface area contributed by atoms with Crippen LogP contribution in [-0.2, 0) is 0 Å². The van der Waals surface area contributed by atoms with Gasteiger partial charge in [0.15, 0.2) is 0 Å². The van der Waals surface area contributed by atoms with Crippen LogP contribution in [0.4, 0.5) is 0 Å². The van der Waals surface area contributed by atoms with Crippen molar-refractivity contribution in [2.45, 2.75) is 6.92 Å². The first kappa shape index (κ1) is 14.1. The van der Waals surface area contributed by atoms with Gasteiger partial charge in [0.1, 0.15) is 11.6 Å². The summed E-state index contributed by atoms with van der Waals surface area (Å²) in [4.78, 5) is 17.2. The molecule has 2 aromatic carbocycles. The third kappa shape index (κ3) is 2.53. The molecule has 0 aliphatic rings. The van der Waals surface area contributed by atoms with Crippen molar-refractivity contribution < 1.29 is 9.53 Å². The molecular formula is C16H13IN2O2. The van der Waals surface area contributed by atoms with E-state index in [1.807, 2.05) is 25.1 Å². The van der Waals surface area contributed by atoms with E-state index in [0.29, 0.717) is 11.4 Å². The number of fused-ring (bicyclic) bond motifs is 1. The third-order valence-electron chi connectivity index (χ3n) is 3.32. The molecule has 0 fully saturated rings. The van der Waals surface area contributed by atoms with E-state index in [1.54, 1.807) is 35.9 Å². The lowest BCUT2D eigenvalue weighted by molar-refractivity contribution is 0.0962. The minimum absolute atomic E-state index is 0.0837. The van der Waals surface area contributed by atoms with Crippen molar-refractivity contribution in [2.75, 3.05) is 7.11 Å². The minimum Gasteiger partial charge on any atom is -0.497 e. The first-order valence-electron chi connectivity index (χ1n) is 6.43. The molecular weight excluding hydrogens is 379 g/mol. The number of nitrogens with zero attached hydrogens (tertiary/aromatic N) is 2. The van der Waals surface area contributed by atoms with Gasteiger partial charge in [0.25, 0.3) is 5.91 Å². The molecule has 106 valence electrons. The van der Waals surface area contributed by atoms with Crippen molar-refractivity contribution in [2.24, 2.45) is 0 Å². The normalized spacial score (nSPS) is 10.8.